The van der Waals surface area contributed by atoms with E-state index in [0.29, 0.717) is 5.92 Å². The summed E-state index contributed by atoms with van der Waals surface area (Å²) < 4.78 is 0. The van der Waals surface area contributed by atoms with Gasteiger partial charge in [0.25, 0.3) is 0 Å². The summed E-state index contributed by atoms with van der Waals surface area (Å²) in [5.74, 6) is -0.266. The standard InChI is InChI=1S/C13H22O2/c1-2-3-5-10-12(13(14)15)11-8-6-4-7-9-11/h2,11-12H,1,3-10H2,(H,14,15). The molecular formula is C13H22O2. The molecule has 0 bridgehead atoms. The second-order valence-corrected chi connectivity index (χ2v) is 4.56. The maximum atomic E-state index is 11.2. The second kappa shape index (κ2) is 6.65. The molecule has 0 saturated heterocycles. The van der Waals surface area contributed by atoms with Gasteiger partial charge < -0.3 is 5.11 Å². The van der Waals surface area contributed by atoms with Gasteiger partial charge in [-0.3, -0.25) is 4.79 Å². The van der Waals surface area contributed by atoms with Gasteiger partial charge in [-0.1, -0.05) is 25.3 Å². The third-order valence-electron chi connectivity index (χ3n) is 3.46. The van der Waals surface area contributed by atoms with Crippen LogP contribution >= 0.6 is 0 Å². The summed E-state index contributed by atoms with van der Waals surface area (Å²) in [5.41, 5.74) is 0. The van der Waals surface area contributed by atoms with Crippen LogP contribution in [0.1, 0.15) is 51.4 Å². The Labute approximate surface area is 92.4 Å². The summed E-state index contributed by atoms with van der Waals surface area (Å²) in [6.07, 6.45) is 10.6. The molecule has 0 radical (unpaired) electrons. The Morgan fingerprint density at radius 3 is 2.60 bits per heavy atom. The van der Waals surface area contributed by atoms with Gasteiger partial charge in [0.1, 0.15) is 0 Å². The lowest BCUT2D eigenvalue weighted by atomic mass is 9.78. The van der Waals surface area contributed by atoms with Crippen LogP contribution in [0, 0.1) is 11.8 Å². The van der Waals surface area contributed by atoms with Gasteiger partial charge in [-0.15, -0.1) is 6.58 Å². The first-order valence-electron chi connectivity index (χ1n) is 6.09. The fourth-order valence-corrected chi connectivity index (χ4v) is 2.58. The van der Waals surface area contributed by atoms with E-state index in [9.17, 15) is 9.90 Å². The lowest BCUT2D eigenvalue weighted by molar-refractivity contribution is -0.144. The van der Waals surface area contributed by atoms with Crippen LogP contribution in [0.25, 0.3) is 0 Å². The average molecular weight is 210 g/mol. The molecule has 0 aromatic rings. The van der Waals surface area contributed by atoms with Crippen molar-refractivity contribution >= 4 is 5.97 Å². The molecule has 1 unspecified atom stereocenters. The molecule has 1 aliphatic rings. The molecule has 15 heavy (non-hydrogen) atoms. The fourth-order valence-electron chi connectivity index (χ4n) is 2.58. The van der Waals surface area contributed by atoms with Gasteiger partial charge in [-0.2, -0.15) is 0 Å². The number of carboxylic acid groups (broad SMARTS) is 1. The largest absolute Gasteiger partial charge is 0.481 e. The number of hydrogen-bond acceptors (Lipinski definition) is 1. The van der Waals surface area contributed by atoms with Crippen molar-refractivity contribution in [1.29, 1.82) is 0 Å². The average Bonchev–Trinajstić information content (AvgIpc) is 2.25. The van der Waals surface area contributed by atoms with E-state index in [1.807, 2.05) is 6.08 Å². The van der Waals surface area contributed by atoms with Crippen LogP contribution in [0.4, 0.5) is 0 Å². The van der Waals surface area contributed by atoms with Crippen molar-refractivity contribution in [1.82, 2.24) is 0 Å². The highest BCUT2D eigenvalue weighted by atomic mass is 16.4. The molecule has 0 amide bonds. The summed E-state index contributed by atoms with van der Waals surface area (Å²) >= 11 is 0. The number of allylic oxidation sites excluding steroid dienone is 1. The molecule has 2 nitrogen and oxygen atoms in total. The lowest BCUT2D eigenvalue weighted by Crippen LogP contribution is -2.25. The third kappa shape index (κ3) is 4.06. The number of aliphatic carboxylic acids is 1. The summed E-state index contributed by atoms with van der Waals surface area (Å²) in [6.45, 7) is 3.67. The monoisotopic (exact) mass is 210 g/mol. The van der Waals surface area contributed by atoms with Gasteiger partial charge >= 0.3 is 5.97 Å². The van der Waals surface area contributed by atoms with E-state index < -0.39 is 5.97 Å². The van der Waals surface area contributed by atoms with Crippen LogP contribution in [0.5, 0.6) is 0 Å². The first-order valence-corrected chi connectivity index (χ1v) is 6.09. The van der Waals surface area contributed by atoms with E-state index in [1.54, 1.807) is 0 Å². The highest BCUT2D eigenvalue weighted by Gasteiger charge is 2.28. The van der Waals surface area contributed by atoms with E-state index in [-0.39, 0.29) is 5.92 Å². The van der Waals surface area contributed by atoms with Crippen LogP contribution in [-0.4, -0.2) is 11.1 Å². The zero-order valence-electron chi connectivity index (χ0n) is 9.45. The van der Waals surface area contributed by atoms with Gasteiger partial charge in [-0.05, 0) is 38.0 Å². The molecular weight excluding hydrogens is 188 g/mol. The lowest BCUT2D eigenvalue weighted by Gasteiger charge is -2.27. The Balaban J connectivity index is 2.40. The van der Waals surface area contributed by atoms with Crippen molar-refractivity contribution in [3.8, 4) is 0 Å². The predicted octanol–water partition coefficient (Wildman–Crippen LogP) is 3.62. The minimum atomic E-state index is -0.592. The predicted molar refractivity (Wildman–Crippen MR) is 61.7 cm³/mol. The fraction of sp³-hybridized carbons (Fsp3) is 0.769. The van der Waals surface area contributed by atoms with E-state index >= 15 is 0 Å². The van der Waals surface area contributed by atoms with Crippen molar-refractivity contribution in [2.45, 2.75) is 51.4 Å². The number of carboxylic acids is 1. The van der Waals surface area contributed by atoms with Crippen LogP contribution in [0.3, 0.4) is 0 Å². The molecule has 0 aliphatic heterocycles. The molecule has 0 heterocycles. The van der Waals surface area contributed by atoms with Crippen LogP contribution in [-0.2, 0) is 4.79 Å². The Hall–Kier alpha value is -0.790. The van der Waals surface area contributed by atoms with E-state index in [4.69, 9.17) is 0 Å². The van der Waals surface area contributed by atoms with Gasteiger partial charge in [0.2, 0.25) is 0 Å². The van der Waals surface area contributed by atoms with Crippen LogP contribution in [0.2, 0.25) is 0 Å². The van der Waals surface area contributed by atoms with Crippen LogP contribution in [0.15, 0.2) is 12.7 Å². The van der Waals surface area contributed by atoms with Gasteiger partial charge in [0.15, 0.2) is 0 Å². The summed E-state index contributed by atoms with van der Waals surface area (Å²) in [4.78, 5) is 11.2. The van der Waals surface area contributed by atoms with Gasteiger partial charge in [0, 0.05) is 0 Å². The van der Waals surface area contributed by atoms with Crippen molar-refractivity contribution in [2.24, 2.45) is 11.8 Å². The first kappa shape index (κ1) is 12.3. The second-order valence-electron chi connectivity index (χ2n) is 4.56. The Morgan fingerprint density at radius 2 is 2.07 bits per heavy atom. The zero-order chi connectivity index (χ0) is 11.1. The number of rotatable bonds is 6. The Kier molecular flexibility index (Phi) is 5.44. The number of hydrogen-bond donors (Lipinski definition) is 1. The normalized spacial score (nSPS) is 19.7. The summed E-state index contributed by atoms with van der Waals surface area (Å²) in [7, 11) is 0. The van der Waals surface area contributed by atoms with Gasteiger partial charge in [0.05, 0.1) is 5.92 Å². The molecule has 2 heteroatoms. The first-order chi connectivity index (χ1) is 7.25. The molecule has 86 valence electrons. The molecule has 0 aromatic carbocycles. The topological polar surface area (TPSA) is 37.3 Å². The van der Waals surface area contributed by atoms with Crippen LogP contribution < -0.4 is 0 Å². The van der Waals surface area contributed by atoms with E-state index in [2.05, 4.69) is 6.58 Å². The SMILES string of the molecule is C=CCCCC(C(=O)O)C1CCCCC1. The van der Waals surface area contributed by atoms with Crippen molar-refractivity contribution in [2.75, 3.05) is 0 Å². The maximum absolute atomic E-state index is 11.2. The number of unbranched alkanes of at least 4 members (excludes halogenated alkanes) is 1. The zero-order valence-corrected chi connectivity index (χ0v) is 9.45. The van der Waals surface area contributed by atoms with E-state index in [1.165, 1.54) is 19.3 Å². The summed E-state index contributed by atoms with van der Waals surface area (Å²) in [5, 5.41) is 9.20. The molecule has 0 spiro atoms. The van der Waals surface area contributed by atoms with Crippen molar-refractivity contribution in [3.05, 3.63) is 12.7 Å². The minimum absolute atomic E-state index is 0.106. The minimum Gasteiger partial charge on any atom is -0.481 e. The smallest absolute Gasteiger partial charge is 0.306 e. The quantitative estimate of drug-likeness (QED) is 0.537. The molecule has 1 N–H and O–H groups in total. The molecule has 1 rings (SSSR count). The van der Waals surface area contributed by atoms with Crippen molar-refractivity contribution in [3.63, 3.8) is 0 Å². The Bertz CT molecular complexity index is 205. The highest BCUT2D eigenvalue weighted by Crippen LogP contribution is 2.32. The summed E-state index contributed by atoms with van der Waals surface area (Å²) in [6, 6.07) is 0. The highest BCUT2D eigenvalue weighted by molar-refractivity contribution is 5.70. The molecule has 0 aromatic heterocycles. The molecule has 1 aliphatic carbocycles. The molecule has 1 saturated carbocycles. The van der Waals surface area contributed by atoms with Crippen molar-refractivity contribution < 1.29 is 9.90 Å². The Morgan fingerprint density at radius 1 is 1.40 bits per heavy atom. The third-order valence-corrected chi connectivity index (χ3v) is 3.46. The van der Waals surface area contributed by atoms with Gasteiger partial charge in [-0.25, -0.2) is 0 Å². The van der Waals surface area contributed by atoms with E-state index in [0.717, 1.165) is 32.1 Å². The number of carbonyl (C=O) groups is 1. The maximum Gasteiger partial charge on any atom is 0.306 e. The molecule has 1 atom stereocenters. The molecule has 1 fully saturated rings.